The lowest BCUT2D eigenvalue weighted by atomic mass is 10.0. The van der Waals surface area contributed by atoms with Crippen LogP contribution in [0.1, 0.15) is 28.3 Å². The fourth-order valence-corrected chi connectivity index (χ4v) is 3.47. The largest absolute Gasteiger partial charge is 0.325 e. The summed E-state index contributed by atoms with van der Waals surface area (Å²) in [4.78, 5) is 27.7. The number of hydrogen-bond acceptors (Lipinski definition) is 3. The molecule has 0 aliphatic heterocycles. The average molecular weight is 416 g/mol. The smallest absolute Gasteiger partial charge is 0.246 e. The highest BCUT2D eigenvalue weighted by Crippen LogP contribution is 2.22. The molecule has 0 radical (unpaired) electrons. The van der Waals surface area contributed by atoms with Gasteiger partial charge in [0.05, 0.1) is 6.54 Å². The van der Waals surface area contributed by atoms with E-state index in [0.29, 0.717) is 0 Å². The van der Waals surface area contributed by atoms with Crippen molar-refractivity contribution in [2.45, 2.75) is 26.8 Å². The molecule has 0 spiro atoms. The molecule has 0 bridgehead atoms. The standard InChI is InChI=1S/C26H29N3O2/c1-18-11-14-22(15-12-18)27-26(31)25(21-8-6-5-7-9-21)29(4)17-24(30)28-23-16-19(2)10-13-20(23)3/h5-16,25H,17H2,1-4H3,(H,27,31)(H,28,30)/t25-/m0/s1. The summed E-state index contributed by atoms with van der Waals surface area (Å²) in [5.74, 6) is -0.350. The summed E-state index contributed by atoms with van der Waals surface area (Å²) in [6.45, 7) is 6.03. The Kier molecular flexibility index (Phi) is 7.21. The van der Waals surface area contributed by atoms with Gasteiger partial charge >= 0.3 is 0 Å². The lowest BCUT2D eigenvalue weighted by Gasteiger charge is -2.27. The molecule has 5 nitrogen and oxygen atoms in total. The van der Waals surface area contributed by atoms with Gasteiger partial charge in [0.2, 0.25) is 11.8 Å². The van der Waals surface area contributed by atoms with Gasteiger partial charge in [-0.25, -0.2) is 0 Å². The summed E-state index contributed by atoms with van der Waals surface area (Å²) in [7, 11) is 1.79. The van der Waals surface area contributed by atoms with Crippen LogP contribution in [-0.4, -0.2) is 30.3 Å². The van der Waals surface area contributed by atoms with E-state index >= 15 is 0 Å². The minimum atomic E-state index is -0.605. The van der Waals surface area contributed by atoms with Crippen LogP contribution in [0.3, 0.4) is 0 Å². The van der Waals surface area contributed by atoms with E-state index in [4.69, 9.17) is 0 Å². The Morgan fingerprint density at radius 1 is 0.839 bits per heavy atom. The van der Waals surface area contributed by atoms with Crippen LogP contribution in [0.25, 0.3) is 0 Å². The van der Waals surface area contributed by atoms with E-state index in [1.54, 1.807) is 11.9 Å². The van der Waals surface area contributed by atoms with Crippen molar-refractivity contribution in [2.75, 3.05) is 24.2 Å². The number of amides is 2. The number of carbonyl (C=O) groups excluding carboxylic acids is 2. The molecular formula is C26H29N3O2. The van der Waals surface area contributed by atoms with Crippen LogP contribution < -0.4 is 10.6 Å². The third-order valence-electron chi connectivity index (χ3n) is 5.18. The molecule has 0 aliphatic carbocycles. The van der Waals surface area contributed by atoms with E-state index in [1.807, 2.05) is 93.6 Å². The van der Waals surface area contributed by atoms with Gasteiger partial charge in [-0.2, -0.15) is 0 Å². The Balaban J connectivity index is 1.76. The monoisotopic (exact) mass is 415 g/mol. The fourth-order valence-electron chi connectivity index (χ4n) is 3.47. The van der Waals surface area contributed by atoms with Gasteiger partial charge in [-0.3, -0.25) is 14.5 Å². The Morgan fingerprint density at radius 3 is 2.16 bits per heavy atom. The molecule has 1 atom stereocenters. The first-order valence-electron chi connectivity index (χ1n) is 10.3. The van der Waals surface area contributed by atoms with Crippen molar-refractivity contribution in [2.24, 2.45) is 0 Å². The number of nitrogens with one attached hydrogen (secondary N) is 2. The second kappa shape index (κ2) is 10.0. The van der Waals surface area contributed by atoms with Crippen LogP contribution in [-0.2, 0) is 9.59 Å². The molecule has 3 aromatic carbocycles. The predicted octanol–water partition coefficient (Wildman–Crippen LogP) is 4.86. The molecule has 0 saturated heterocycles. The van der Waals surface area contributed by atoms with Crippen LogP contribution in [0, 0.1) is 20.8 Å². The zero-order valence-corrected chi connectivity index (χ0v) is 18.5. The van der Waals surface area contributed by atoms with Crippen LogP contribution in [0.15, 0.2) is 72.8 Å². The molecule has 2 amide bonds. The Morgan fingerprint density at radius 2 is 1.48 bits per heavy atom. The SMILES string of the molecule is Cc1ccc(NC(=O)[C@H](c2ccccc2)N(C)CC(=O)Nc2cc(C)ccc2C)cc1. The molecular weight excluding hydrogens is 386 g/mol. The van der Waals surface area contributed by atoms with E-state index in [1.165, 1.54) is 0 Å². The molecule has 31 heavy (non-hydrogen) atoms. The first-order valence-corrected chi connectivity index (χ1v) is 10.3. The quantitative estimate of drug-likeness (QED) is 0.579. The van der Waals surface area contributed by atoms with Gasteiger partial charge in [0, 0.05) is 11.4 Å². The van der Waals surface area contributed by atoms with Crippen molar-refractivity contribution in [3.63, 3.8) is 0 Å². The normalized spacial score (nSPS) is 11.8. The lowest BCUT2D eigenvalue weighted by molar-refractivity contribution is -0.123. The molecule has 2 N–H and O–H groups in total. The van der Waals surface area contributed by atoms with Gasteiger partial charge in [0.25, 0.3) is 0 Å². The van der Waals surface area contributed by atoms with Crippen LogP contribution >= 0.6 is 0 Å². The number of carbonyl (C=O) groups is 2. The molecule has 0 fully saturated rings. The summed E-state index contributed by atoms with van der Waals surface area (Å²) in [6, 6.07) is 22.5. The van der Waals surface area contributed by atoms with Crippen molar-refractivity contribution in [1.29, 1.82) is 0 Å². The van der Waals surface area contributed by atoms with Gasteiger partial charge in [-0.15, -0.1) is 0 Å². The zero-order chi connectivity index (χ0) is 22.4. The van der Waals surface area contributed by atoms with E-state index in [-0.39, 0.29) is 18.4 Å². The molecule has 0 aliphatic rings. The van der Waals surface area contributed by atoms with E-state index in [9.17, 15) is 9.59 Å². The van der Waals surface area contributed by atoms with Crippen molar-refractivity contribution >= 4 is 23.2 Å². The average Bonchev–Trinajstić information content (AvgIpc) is 2.73. The summed E-state index contributed by atoms with van der Waals surface area (Å²) in [5, 5.41) is 5.95. The number of rotatable bonds is 7. The summed E-state index contributed by atoms with van der Waals surface area (Å²) >= 11 is 0. The first-order chi connectivity index (χ1) is 14.8. The molecule has 3 rings (SSSR count). The fraction of sp³-hybridized carbons (Fsp3) is 0.231. The minimum absolute atomic E-state index is 0.0776. The maximum Gasteiger partial charge on any atom is 0.246 e. The van der Waals surface area contributed by atoms with Gasteiger partial charge in [-0.1, -0.05) is 60.2 Å². The van der Waals surface area contributed by atoms with Gasteiger partial charge in [-0.05, 0) is 62.7 Å². The van der Waals surface area contributed by atoms with E-state index in [2.05, 4.69) is 10.6 Å². The van der Waals surface area contributed by atoms with Crippen LogP contribution in [0.4, 0.5) is 11.4 Å². The minimum Gasteiger partial charge on any atom is -0.325 e. The van der Waals surface area contributed by atoms with Crippen molar-refractivity contribution in [3.05, 3.63) is 95.1 Å². The van der Waals surface area contributed by atoms with Crippen molar-refractivity contribution < 1.29 is 9.59 Å². The topological polar surface area (TPSA) is 61.4 Å². The number of anilines is 2. The second-order valence-electron chi connectivity index (χ2n) is 7.95. The summed E-state index contributed by atoms with van der Waals surface area (Å²) in [6.07, 6.45) is 0. The molecule has 0 aromatic heterocycles. The molecule has 0 saturated carbocycles. The first kappa shape index (κ1) is 22.2. The highest BCUT2D eigenvalue weighted by molar-refractivity contribution is 5.97. The number of aryl methyl sites for hydroxylation is 3. The Bertz CT molecular complexity index is 1050. The van der Waals surface area contributed by atoms with Crippen molar-refractivity contribution in [3.8, 4) is 0 Å². The maximum atomic E-state index is 13.2. The van der Waals surface area contributed by atoms with Gasteiger partial charge < -0.3 is 10.6 Å². The van der Waals surface area contributed by atoms with Crippen LogP contribution in [0.5, 0.6) is 0 Å². The van der Waals surface area contributed by atoms with Crippen LogP contribution in [0.2, 0.25) is 0 Å². The number of likely N-dealkylation sites (N-methyl/N-ethyl adjacent to an activating group) is 1. The van der Waals surface area contributed by atoms with Gasteiger partial charge in [0.15, 0.2) is 0 Å². The lowest BCUT2D eigenvalue weighted by Crippen LogP contribution is -2.39. The summed E-state index contributed by atoms with van der Waals surface area (Å²) < 4.78 is 0. The molecule has 5 heteroatoms. The second-order valence-corrected chi connectivity index (χ2v) is 7.95. The zero-order valence-electron chi connectivity index (χ0n) is 18.5. The number of nitrogens with zero attached hydrogens (tertiary/aromatic N) is 1. The molecule has 0 heterocycles. The third-order valence-corrected chi connectivity index (χ3v) is 5.18. The molecule has 3 aromatic rings. The van der Waals surface area contributed by atoms with Crippen molar-refractivity contribution in [1.82, 2.24) is 4.90 Å². The Labute approximate surface area is 184 Å². The van der Waals surface area contributed by atoms with Gasteiger partial charge in [0.1, 0.15) is 6.04 Å². The summed E-state index contributed by atoms with van der Waals surface area (Å²) in [5.41, 5.74) is 5.54. The maximum absolute atomic E-state index is 13.2. The predicted molar refractivity (Wildman–Crippen MR) is 126 cm³/mol. The number of benzene rings is 3. The molecule has 160 valence electrons. The Hall–Kier alpha value is -3.44. The van der Waals surface area contributed by atoms with E-state index in [0.717, 1.165) is 33.6 Å². The highest BCUT2D eigenvalue weighted by atomic mass is 16.2. The van der Waals surface area contributed by atoms with E-state index < -0.39 is 6.04 Å². The highest BCUT2D eigenvalue weighted by Gasteiger charge is 2.26. The number of hydrogen-bond donors (Lipinski definition) is 2. The third kappa shape index (κ3) is 6.03. The molecule has 0 unspecified atom stereocenters.